The molecule has 0 spiro atoms. The van der Waals surface area contributed by atoms with Gasteiger partial charge >= 0.3 is 6.18 Å². The van der Waals surface area contributed by atoms with Crippen molar-refractivity contribution in [2.24, 2.45) is 7.05 Å². The van der Waals surface area contributed by atoms with Gasteiger partial charge in [-0.15, -0.1) is 0 Å². The number of halogens is 3. The number of rotatable bonds is 7. The number of benzene rings is 2. The second kappa shape index (κ2) is 11.6. The molecule has 6 aromatic rings. The smallest absolute Gasteiger partial charge is 0.449 e. The average molecular weight is 630 g/mol. The van der Waals surface area contributed by atoms with Crippen LogP contribution in [0.3, 0.4) is 0 Å². The van der Waals surface area contributed by atoms with Crippen molar-refractivity contribution in [3.8, 4) is 17.1 Å². The van der Waals surface area contributed by atoms with Gasteiger partial charge in [-0.1, -0.05) is 30.3 Å². The highest BCUT2D eigenvalue weighted by molar-refractivity contribution is 5.85. The first-order valence-corrected chi connectivity index (χ1v) is 14.7. The Morgan fingerprint density at radius 2 is 1.83 bits per heavy atom. The maximum atomic E-state index is 14.1. The Hall–Kier alpha value is -5.24. The van der Waals surface area contributed by atoms with Crippen LogP contribution in [-0.4, -0.2) is 76.7 Å². The molecule has 1 saturated heterocycles. The van der Waals surface area contributed by atoms with Crippen LogP contribution in [0.1, 0.15) is 23.4 Å². The van der Waals surface area contributed by atoms with Crippen LogP contribution in [0.4, 0.5) is 13.2 Å². The molecule has 0 bridgehead atoms. The number of nitrogens with one attached hydrogen (secondary N) is 1. The molecule has 11 nitrogen and oxygen atoms in total. The van der Waals surface area contributed by atoms with E-state index in [1.807, 2.05) is 49.6 Å². The van der Waals surface area contributed by atoms with Gasteiger partial charge in [0.25, 0.3) is 0 Å². The minimum atomic E-state index is -4.73. The summed E-state index contributed by atoms with van der Waals surface area (Å²) in [4.78, 5) is 34.2. The van der Waals surface area contributed by atoms with Gasteiger partial charge in [0.05, 0.1) is 46.8 Å². The molecule has 1 N–H and O–H groups in total. The maximum Gasteiger partial charge on any atom is 0.449 e. The Kier molecular flexibility index (Phi) is 7.43. The van der Waals surface area contributed by atoms with E-state index in [4.69, 9.17) is 4.74 Å². The third-order valence-corrected chi connectivity index (χ3v) is 8.22. The number of aromatic amines is 1. The lowest BCUT2D eigenvalue weighted by Gasteiger charge is -2.40. The van der Waals surface area contributed by atoms with Crippen LogP contribution in [0.15, 0.2) is 73.1 Å². The fourth-order valence-electron chi connectivity index (χ4n) is 6.06. The molecule has 46 heavy (non-hydrogen) atoms. The Morgan fingerprint density at radius 3 is 2.59 bits per heavy atom. The van der Waals surface area contributed by atoms with E-state index in [0.717, 1.165) is 21.2 Å². The molecular formula is C32H30F3N9O2. The lowest BCUT2D eigenvalue weighted by Crippen LogP contribution is -2.51. The first-order chi connectivity index (χ1) is 22.2. The van der Waals surface area contributed by atoms with Crippen LogP contribution in [0.5, 0.6) is 5.88 Å². The van der Waals surface area contributed by atoms with Crippen molar-refractivity contribution in [2.75, 3.05) is 26.7 Å². The van der Waals surface area contributed by atoms with Crippen molar-refractivity contribution in [2.45, 2.75) is 25.3 Å². The monoisotopic (exact) mass is 629 g/mol. The summed E-state index contributed by atoms with van der Waals surface area (Å²) in [5.74, 6) is -0.674. The first-order valence-electron chi connectivity index (χ1n) is 14.7. The Labute approximate surface area is 261 Å². The van der Waals surface area contributed by atoms with Gasteiger partial charge in [-0.05, 0) is 30.3 Å². The average Bonchev–Trinajstić information content (AvgIpc) is 3.79. The predicted molar refractivity (Wildman–Crippen MR) is 164 cm³/mol. The molecule has 4 aromatic heterocycles. The highest BCUT2D eigenvalue weighted by Crippen LogP contribution is 2.34. The van der Waals surface area contributed by atoms with Gasteiger partial charge in [0.2, 0.25) is 17.6 Å². The number of alkyl halides is 3. The molecule has 1 amide bonds. The van der Waals surface area contributed by atoms with Crippen molar-refractivity contribution >= 4 is 27.8 Å². The Balaban J connectivity index is 1.23. The molecule has 1 aliphatic rings. The summed E-state index contributed by atoms with van der Waals surface area (Å²) in [5, 5.41) is 5.40. The minimum Gasteiger partial charge on any atom is -0.480 e. The number of aromatic nitrogens is 7. The summed E-state index contributed by atoms with van der Waals surface area (Å²) in [7, 11) is 3.39. The first kappa shape index (κ1) is 29.5. The number of pyridine rings is 1. The number of hydrogen-bond donors (Lipinski definition) is 1. The zero-order valence-electron chi connectivity index (χ0n) is 25.1. The normalized spacial score (nSPS) is 16.0. The summed E-state index contributed by atoms with van der Waals surface area (Å²) in [6.07, 6.45) is -1.21. The molecule has 1 fully saturated rings. The van der Waals surface area contributed by atoms with E-state index in [1.165, 1.54) is 12.1 Å². The quantitative estimate of drug-likeness (QED) is 0.270. The van der Waals surface area contributed by atoms with Gasteiger partial charge in [0.1, 0.15) is 18.4 Å². The van der Waals surface area contributed by atoms with Gasteiger partial charge < -0.3 is 19.2 Å². The third kappa shape index (κ3) is 5.55. The van der Waals surface area contributed by atoms with Gasteiger partial charge in [0.15, 0.2) is 0 Å². The Morgan fingerprint density at radius 1 is 1.04 bits per heavy atom. The summed E-state index contributed by atoms with van der Waals surface area (Å²) < 4.78 is 50.4. The minimum absolute atomic E-state index is 0.174. The number of nitrogens with zero attached hydrogens (tertiary/aromatic N) is 8. The molecule has 0 radical (unpaired) electrons. The summed E-state index contributed by atoms with van der Waals surface area (Å²) in [6.45, 7) is 1.19. The standard InChI is InChI=1S/C32H30F3N9O2/c1-41-12-11-21(40-41)17-42-13-14-43(28(45)19-44-26-10-6-5-9-24(26)39-31(44)32(33,34)35)27(18-42)29-36-16-25(37-29)22-15-20-7-3-4-8-23(20)38-30(22)46-2/h3-12,15-16,27H,13-14,17-19H2,1-2H3,(H,36,37)/t27-/m0/s1. The number of methoxy groups -OCH3 is 1. The van der Waals surface area contributed by atoms with Crippen LogP contribution in [0, 0.1) is 0 Å². The number of hydrogen-bond acceptors (Lipinski definition) is 7. The number of ether oxygens (including phenoxy) is 1. The number of aryl methyl sites for hydroxylation is 1. The number of carbonyl (C=O) groups excluding carboxylic acids is 1. The maximum absolute atomic E-state index is 14.1. The second-order valence-corrected chi connectivity index (χ2v) is 11.2. The topological polar surface area (TPSA) is 110 Å². The van der Waals surface area contributed by atoms with Gasteiger partial charge in [0, 0.05) is 44.8 Å². The van der Waals surface area contributed by atoms with E-state index in [2.05, 4.69) is 29.9 Å². The van der Waals surface area contributed by atoms with Gasteiger partial charge in [-0.3, -0.25) is 14.4 Å². The van der Waals surface area contributed by atoms with Gasteiger partial charge in [-0.25, -0.2) is 15.0 Å². The zero-order valence-corrected chi connectivity index (χ0v) is 25.1. The molecule has 236 valence electrons. The van der Waals surface area contributed by atoms with Crippen molar-refractivity contribution < 1.29 is 22.7 Å². The SMILES string of the molecule is COc1nc2ccccc2cc1-c1cnc([C@@H]2CN(Cc3ccn(C)n3)CCN2C(=O)Cn2c(C(F)(F)F)nc3ccccc32)[nH]1. The van der Waals surface area contributed by atoms with E-state index in [9.17, 15) is 18.0 Å². The van der Waals surface area contributed by atoms with Crippen LogP contribution >= 0.6 is 0 Å². The fraction of sp³-hybridized carbons (Fsp3) is 0.281. The highest BCUT2D eigenvalue weighted by Gasteiger charge is 2.40. The molecule has 5 heterocycles. The van der Waals surface area contributed by atoms with Crippen LogP contribution in [0.25, 0.3) is 33.2 Å². The molecule has 2 aromatic carbocycles. The van der Waals surface area contributed by atoms with Crippen LogP contribution < -0.4 is 4.74 Å². The lowest BCUT2D eigenvalue weighted by atomic mass is 10.1. The van der Waals surface area contributed by atoms with E-state index >= 15 is 0 Å². The highest BCUT2D eigenvalue weighted by atomic mass is 19.4. The molecule has 7 rings (SSSR count). The molecule has 14 heteroatoms. The molecule has 0 unspecified atom stereocenters. The summed E-state index contributed by atoms with van der Waals surface area (Å²) >= 11 is 0. The third-order valence-electron chi connectivity index (χ3n) is 8.22. The van der Waals surface area contributed by atoms with Crippen molar-refractivity contribution in [3.05, 3.63) is 90.4 Å². The number of fused-ring (bicyclic) bond motifs is 2. The van der Waals surface area contributed by atoms with Crippen molar-refractivity contribution in [3.63, 3.8) is 0 Å². The molecule has 1 aliphatic heterocycles. The molecular weight excluding hydrogens is 599 g/mol. The van der Waals surface area contributed by atoms with Crippen LogP contribution in [0.2, 0.25) is 0 Å². The van der Waals surface area contributed by atoms with Crippen molar-refractivity contribution in [1.29, 1.82) is 0 Å². The fourth-order valence-corrected chi connectivity index (χ4v) is 6.06. The number of para-hydroxylation sites is 3. The zero-order chi connectivity index (χ0) is 32.0. The van der Waals surface area contributed by atoms with Crippen LogP contribution in [-0.2, 0) is 31.1 Å². The van der Waals surface area contributed by atoms with E-state index in [0.29, 0.717) is 42.6 Å². The van der Waals surface area contributed by atoms with E-state index in [-0.39, 0.29) is 17.6 Å². The van der Waals surface area contributed by atoms with Crippen molar-refractivity contribution in [1.82, 2.24) is 44.1 Å². The summed E-state index contributed by atoms with van der Waals surface area (Å²) in [6, 6.07) is 17.3. The predicted octanol–water partition coefficient (Wildman–Crippen LogP) is 4.82. The molecule has 0 saturated carbocycles. The second-order valence-electron chi connectivity index (χ2n) is 11.2. The number of piperazine rings is 1. The number of H-pyrrole nitrogens is 1. The number of imidazole rings is 2. The van der Waals surface area contributed by atoms with E-state index in [1.54, 1.807) is 35.0 Å². The number of amides is 1. The lowest BCUT2D eigenvalue weighted by molar-refractivity contribution is -0.148. The Bertz CT molecular complexity index is 2050. The molecule has 0 aliphatic carbocycles. The largest absolute Gasteiger partial charge is 0.480 e. The van der Waals surface area contributed by atoms with Gasteiger partial charge in [-0.2, -0.15) is 18.3 Å². The summed E-state index contributed by atoms with van der Waals surface area (Å²) in [5.41, 5.74) is 3.39. The molecule has 1 atom stereocenters. The van der Waals surface area contributed by atoms with E-state index < -0.39 is 30.5 Å². The number of carbonyl (C=O) groups is 1.